The molecular weight excluding hydrogens is 259 g/mol. The first kappa shape index (κ1) is 13.5. The van der Waals surface area contributed by atoms with E-state index in [0.29, 0.717) is 16.4 Å². The summed E-state index contributed by atoms with van der Waals surface area (Å²) in [6, 6.07) is 12.2. The maximum absolute atomic E-state index is 11.7. The number of nitrogens with one attached hydrogen (secondary N) is 1. The Morgan fingerprint density at radius 1 is 1.18 bits per heavy atom. The van der Waals surface area contributed by atoms with Crippen LogP contribution in [-0.4, -0.2) is 10.9 Å². The molecule has 0 bridgehead atoms. The Bertz CT molecular complexity index is 503. The summed E-state index contributed by atoms with van der Waals surface area (Å²) in [6.07, 6.45) is 1.58. The quantitative estimate of drug-likeness (QED) is 0.907. The highest BCUT2D eigenvalue weighted by molar-refractivity contribution is 6.30. The maximum atomic E-state index is 11.7. The van der Waals surface area contributed by atoms with Gasteiger partial charge in [-0.05, 0) is 30.3 Å². The molecule has 0 atom stereocenters. The Labute approximate surface area is 110 Å². The number of aromatic nitrogens is 1. The first-order valence-corrected chi connectivity index (χ1v) is 5.11. The topological polar surface area (TPSA) is 42.0 Å². The van der Waals surface area contributed by atoms with E-state index in [1.807, 2.05) is 0 Å². The van der Waals surface area contributed by atoms with Crippen LogP contribution in [0.3, 0.4) is 0 Å². The zero-order valence-corrected chi connectivity index (χ0v) is 10.3. The number of anilines is 1. The standard InChI is InChI=1S/C12H9ClN2O.ClH/c13-9-4-3-5-10(8-9)15-12(16)11-6-1-2-7-14-11;/h1-8H,(H,15,16);1H. The van der Waals surface area contributed by atoms with E-state index in [2.05, 4.69) is 10.3 Å². The first-order chi connectivity index (χ1) is 7.75. The predicted octanol–water partition coefficient (Wildman–Crippen LogP) is 3.41. The van der Waals surface area contributed by atoms with E-state index in [1.54, 1.807) is 48.7 Å². The number of nitrogens with zero attached hydrogens (tertiary/aromatic N) is 1. The molecule has 1 N–H and O–H groups in total. The lowest BCUT2D eigenvalue weighted by atomic mass is 10.3. The number of hydrogen-bond donors (Lipinski definition) is 1. The highest BCUT2D eigenvalue weighted by Crippen LogP contribution is 2.15. The van der Waals surface area contributed by atoms with Crippen LogP contribution in [0, 0.1) is 0 Å². The van der Waals surface area contributed by atoms with Crippen molar-refractivity contribution in [2.45, 2.75) is 0 Å². The van der Waals surface area contributed by atoms with Crippen LogP contribution < -0.4 is 5.32 Å². The third-order valence-corrected chi connectivity index (χ3v) is 2.22. The van der Waals surface area contributed by atoms with Gasteiger partial charge < -0.3 is 5.32 Å². The highest BCUT2D eigenvalue weighted by Gasteiger charge is 2.06. The van der Waals surface area contributed by atoms with Crippen molar-refractivity contribution in [1.82, 2.24) is 4.98 Å². The number of amides is 1. The number of benzene rings is 1. The zero-order chi connectivity index (χ0) is 11.4. The molecular formula is C12H10Cl2N2O. The molecule has 1 aromatic carbocycles. The van der Waals surface area contributed by atoms with Gasteiger partial charge in [-0.1, -0.05) is 23.7 Å². The molecule has 0 radical (unpaired) electrons. The molecule has 2 rings (SSSR count). The van der Waals surface area contributed by atoms with Crippen molar-refractivity contribution < 1.29 is 4.79 Å². The van der Waals surface area contributed by atoms with E-state index in [-0.39, 0.29) is 18.3 Å². The normalized spacial score (nSPS) is 9.24. The second-order valence-corrected chi connectivity index (χ2v) is 3.62. The van der Waals surface area contributed by atoms with E-state index in [4.69, 9.17) is 11.6 Å². The molecule has 0 fully saturated rings. The average molecular weight is 269 g/mol. The third kappa shape index (κ3) is 3.73. The Morgan fingerprint density at radius 2 is 2.00 bits per heavy atom. The summed E-state index contributed by atoms with van der Waals surface area (Å²) in [6.45, 7) is 0. The van der Waals surface area contributed by atoms with Crippen LogP contribution in [0.15, 0.2) is 48.7 Å². The van der Waals surface area contributed by atoms with Gasteiger partial charge in [0.2, 0.25) is 0 Å². The van der Waals surface area contributed by atoms with Gasteiger partial charge in [0.1, 0.15) is 5.69 Å². The minimum absolute atomic E-state index is 0. The van der Waals surface area contributed by atoms with Crippen LogP contribution in [0.1, 0.15) is 10.5 Å². The van der Waals surface area contributed by atoms with Gasteiger partial charge in [0.15, 0.2) is 0 Å². The van der Waals surface area contributed by atoms with Crippen molar-refractivity contribution in [3.63, 3.8) is 0 Å². The summed E-state index contributed by atoms with van der Waals surface area (Å²) in [5.74, 6) is -0.247. The molecule has 0 aliphatic heterocycles. The van der Waals surface area contributed by atoms with Crippen LogP contribution >= 0.6 is 24.0 Å². The molecule has 2 aromatic rings. The van der Waals surface area contributed by atoms with Crippen LogP contribution in [-0.2, 0) is 0 Å². The summed E-state index contributed by atoms with van der Waals surface area (Å²) >= 11 is 5.81. The summed E-state index contributed by atoms with van der Waals surface area (Å²) in [7, 11) is 0. The monoisotopic (exact) mass is 268 g/mol. The minimum atomic E-state index is -0.247. The van der Waals surface area contributed by atoms with Gasteiger partial charge in [0, 0.05) is 16.9 Å². The summed E-state index contributed by atoms with van der Waals surface area (Å²) < 4.78 is 0. The van der Waals surface area contributed by atoms with Crippen molar-refractivity contribution in [3.05, 3.63) is 59.4 Å². The van der Waals surface area contributed by atoms with Crippen LogP contribution in [0.5, 0.6) is 0 Å². The van der Waals surface area contributed by atoms with Crippen molar-refractivity contribution in [1.29, 1.82) is 0 Å². The van der Waals surface area contributed by atoms with E-state index >= 15 is 0 Å². The second kappa shape index (κ2) is 6.23. The van der Waals surface area contributed by atoms with E-state index < -0.39 is 0 Å². The van der Waals surface area contributed by atoms with Crippen LogP contribution in [0.4, 0.5) is 5.69 Å². The fourth-order valence-corrected chi connectivity index (χ4v) is 1.45. The number of carbonyl (C=O) groups is 1. The van der Waals surface area contributed by atoms with Gasteiger partial charge in [-0.3, -0.25) is 9.78 Å². The molecule has 17 heavy (non-hydrogen) atoms. The number of rotatable bonds is 2. The maximum Gasteiger partial charge on any atom is 0.274 e. The fourth-order valence-electron chi connectivity index (χ4n) is 1.26. The van der Waals surface area contributed by atoms with Crippen molar-refractivity contribution in [2.24, 2.45) is 0 Å². The lowest BCUT2D eigenvalue weighted by Gasteiger charge is -2.04. The lowest BCUT2D eigenvalue weighted by molar-refractivity contribution is 0.102. The smallest absolute Gasteiger partial charge is 0.274 e. The van der Waals surface area contributed by atoms with Gasteiger partial charge in [0.05, 0.1) is 0 Å². The fraction of sp³-hybridized carbons (Fsp3) is 0. The molecule has 0 saturated heterocycles. The minimum Gasteiger partial charge on any atom is -0.321 e. The van der Waals surface area contributed by atoms with Gasteiger partial charge in [-0.25, -0.2) is 0 Å². The van der Waals surface area contributed by atoms with Crippen LogP contribution in [0.2, 0.25) is 5.02 Å². The van der Waals surface area contributed by atoms with E-state index in [9.17, 15) is 4.79 Å². The molecule has 0 unspecified atom stereocenters. The summed E-state index contributed by atoms with van der Waals surface area (Å²) in [5.41, 5.74) is 1.03. The van der Waals surface area contributed by atoms with Crippen LogP contribution in [0.25, 0.3) is 0 Å². The zero-order valence-electron chi connectivity index (χ0n) is 8.76. The largest absolute Gasteiger partial charge is 0.321 e. The molecule has 0 aliphatic rings. The molecule has 1 heterocycles. The molecule has 3 nitrogen and oxygen atoms in total. The predicted molar refractivity (Wildman–Crippen MR) is 70.9 cm³/mol. The van der Waals surface area contributed by atoms with Gasteiger partial charge in [-0.15, -0.1) is 12.4 Å². The average Bonchev–Trinajstić information content (AvgIpc) is 2.30. The van der Waals surface area contributed by atoms with Crippen molar-refractivity contribution in [3.8, 4) is 0 Å². The molecule has 1 aromatic heterocycles. The van der Waals surface area contributed by atoms with E-state index in [0.717, 1.165) is 0 Å². The van der Waals surface area contributed by atoms with Gasteiger partial charge >= 0.3 is 0 Å². The molecule has 88 valence electrons. The molecule has 0 aliphatic carbocycles. The molecule has 0 saturated carbocycles. The SMILES string of the molecule is Cl.O=C(Nc1cccc(Cl)c1)c1ccccn1. The Hall–Kier alpha value is -1.58. The lowest BCUT2D eigenvalue weighted by Crippen LogP contribution is -2.13. The number of pyridine rings is 1. The van der Waals surface area contributed by atoms with E-state index in [1.165, 1.54) is 0 Å². The van der Waals surface area contributed by atoms with Gasteiger partial charge in [0.25, 0.3) is 5.91 Å². The van der Waals surface area contributed by atoms with Crippen molar-refractivity contribution >= 4 is 35.6 Å². The molecule has 1 amide bonds. The van der Waals surface area contributed by atoms with Crippen molar-refractivity contribution in [2.75, 3.05) is 5.32 Å². The number of carbonyl (C=O) groups excluding carboxylic acids is 1. The summed E-state index contributed by atoms with van der Waals surface area (Å²) in [5, 5.41) is 3.30. The Kier molecular flexibility index (Phi) is 4.94. The number of hydrogen-bond acceptors (Lipinski definition) is 2. The highest BCUT2D eigenvalue weighted by atomic mass is 35.5. The second-order valence-electron chi connectivity index (χ2n) is 3.18. The third-order valence-electron chi connectivity index (χ3n) is 1.98. The van der Waals surface area contributed by atoms with Gasteiger partial charge in [-0.2, -0.15) is 0 Å². The Balaban J connectivity index is 0.00000144. The Morgan fingerprint density at radius 3 is 2.65 bits per heavy atom. The first-order valence-electron chi connectivity index (χ1n) is 4.73. The number of halogens is 2. The summed E-state index contributed by atoms with van der Waals surface area (Å²) in [4.78, 5) is 15.7. The molecule has 0 spiro atoms. The molecule has 5 heteroatoms.